The van der Waals surface area contributed by atoms with Crippen LogP contribution in [0.5, 0.6) is 5.88 Å². The number of anilines is 1. The number of rotatable bonds is 4. The number of nitrogens with zero attached hydrogens (tertiary/aromatic N) is 3. The van der Waals surface area contributed by atoms with E-state index in [4.69, 9.17) is 4.74 Å². The third-order valence-electron chi connectivity index (χ3n) is 3.74. The normalized spacial score (nSPS) is 19.1. The van der Waals surface area contributed by atoms with Crippen molar-refractivity contribution < 1.29 is 4.74 Å². The molecule has 1 unspecified atom stereocenters. The lowest BCUT2D eigenvalue weighted by molar-refractivity contribution is 0.295. The Bertz CT molecular complexity index is 543. The summed E-state index contributed by atoms with van der Waals surface area (Å²) >= 11 is 1.23. The first-order chi connectivity index (χ1) is 9.84. The Balaban J connectivity index is 1.70. The van der Waals surface area contributed by atoms with Crippen molar-refractivity contribution in [1.29, 1.82) is 0 Å². The van der Waals surface area contributed by atoms with Gasteiger partial charge in [-0.1, -0.05) is 30.3 Å². The second kappa shape index (κ2) is 6.22. The number of ether oxygens (including phenoxy) is 1. The quantitative estimate of drug-likeness (QED) is 0.863. The molecule has 1 aliphatic rings. The second-order valence-corrected chi connectivity index (χ2v) is 5.73. The summed E-state index contributed by atoms with van der Waals surface area (Å²) in [7, 11) is 0. The maximum absolute atomic E-state index is 5.86. The van der Waals surface area contributed by atoms with Gasteiger partial charge in [0.1, 0.15) is 6.61 Å². The highest BCUT2D eigenvalue weighted by atomic mass is 32.1. The molecule has 1 fully saturated rings. The van der Waals surface area contributed by atoms with Gasteiger partial charge in [-0.15, -0.1) is 4.37 Å². The summed E-state index contributed by atoms with van der Waals surface area (Å²) in [5.74, 6) is 1.59. The Labute approximate surface area is 123 Å². The first-order valence-corrected chi connectivity index (χ1v) is 7.83. The minimum atomic E-state index is 0.520. The van der Waals surface area contributed by atoms with Crippen LogP contribution in [0.3, 0.4) is 0 Å². The van der Waals surface area contributed by atoms with E-state index < -0.39 is 0 Å². The standard InChI is InChI=1S/C15H19N3OS/c1-12-7-5-6-10-18(12)14-15(17-20-16-14)19-11-13-8-3-2-4-9-13/h2-4,8-9,12H,5-7,10-11H2,1H3. The molecule has 3 rings (SSSR count). The van der Waals surface area contributed by atoms with Crippen LogP contribution in [0.1, 0.15) is 31.7 Å². The Kier molecular flexibility index (Phi) is 4.16. The van der Waals surface area contributed by atoms with Gasteiger partial charge in [0.05, 0.1) is 11.7 Å². The summed E-state index contributed by atoms with van der Waals surface area (Å²) in [6.07, 6.45) is 3.74. The van der Waals surface area contributed by atoms with E-state index in [1.165, 1.54) is 31.0 Å². The molecule has 20 heavy (non-hydrogen) atoms. The molecule has 1 aromatic heterocycles. The molecule has 1 aromatic carbocycles. The lowest BCUT2D eigenvalue weighted by Gasteiger charge is -2.33. The number of hydrogen-bond donors (Lipinski definition) is 0. The van der Waals surface area contributed by atoms with Gasteiger partial charge in [-0.25, -0.2) is 0 Å². The Morgan fingerprint density at radius 2 is 2.10 bits per heavy atom. The highest BCUT2D eigenvalue weighted by Gasteiger charge is 2.24. The average Bonchev–Trinajstić information content (AvgIpc) is 2.95. The van der Waals surface area contributed by atoms with Crippen LogP contribution in [0, 0.1) is 0 Å². The minimum Gasteiger partial charge on any atom is -0.470 e. The molecular formula is C15H19N3OS. The molecule has 0 spiro atoms. The fourth-order valence-corrected chi connectivity index (χ4v) is 3.09. The van der Waals surface area contributed by atoms with E-state index in [-0.39, 0.29) is 0 Å². The van der Waals surface area contributed by atoms with Crippen molar-refractivity contribution in [2.24, 2.45) is 0 Å². The van der Waals surface area contributed by atoms with Gasteiger partial charge in [0, 0.05) is 12.6 Å². The summed E-state index contributed by atoms with van der Waals surface area (Å²) in [5, 5.41) is 0. The van der Waals surface area contributed by atoms with Crippen LogP contribution in [-0.2, 0) is 6.61 Å². The maximum atomic E-state index is 5.86. The molecule has 0 bridgehead atoms. The fraction of sp³-hybridized carbons (Fsp3) is 0.467. The van der Waals surface area contributed by atoms with Crippen molar-refractivity contribution in [3.8, 4) is 5.88 Å². The summed E-state index contributed by atoms with van der Waals surface area (Å²) in [5.41, 5.74) is 1.15. The molecule has 0 N–H and O–H groups in total. The molecular weight excluding hydrogens is 270 g/mol. The van der Waals surface area contributed by atoms with Crippen molar-refractivity contribution >= 4 is 17.5 Å². The molecule has 5 heteroatoms. The van der Waals surface area contributed by atoms with E-state index in [2.05, 4.69) is 32.7 Å². The molecule has 1 atom stereocenters. The Morgan fingerprint density at radius 3 is 2.90 bits per heavy atom. The highest BCUT2D eigenvalue weighted by molar-refractivity contribution is 6.99. The van der Waals surface area contributed by atoms with Crippen LogP contribution in [0.2, 0.25) is 0 Å². The van der Waals surface area contributed by atoms with Gasteiger partial charge in [-0.3, -0.25) is 0 Å². The lowest BCUT2D eigenvalue weighted by Crippen LogP contribution is -2.37. The minimum absolute atomic E-state index is 0.520. The van der Waals surface area contributed by atoms with Crippen LogP contribution in [-0.4, -0.2) is 21.3 Å². The predicted octanol–water partition coefficient (Wildman–Crippen LogP) is 3.50. The van der Waals surface area contributed by atoms with Crippen LogP contribution < -0.4 is 9.64 Å². The van der Waals surface area contributed by atoms with Gasteiger partial charge in [-0.05, 0) is 31.7 Å². The summed E-state index contributed by atoms with van der Waals surface area (Å²) in [6.45, 7) is 3.84. The first kappa shape index (κ1) is 13.4. The van der Waals surface area contributed by atoms with Gasteiger partial charge < -0.3 is 9.64 Å². The fourth-order valence-electron chi connectivity index (χ4n) is 2.58. The number of hydrogen-bond acceptors (Lipinski definition) is 5. The highest BCUT2D eigenvalue weighted by Crippen LogP contribution is 2.31. The van der Waals surface area contributed by atoms with Crippen molar-refractivity contribution in [2.75, 3.05) is 11.4 Å². The molecule has 0 amide bonds. The Morgan fingerprint density at radius 1 is 1.25 bits per heavy atom. The van der Waals surface area contributed by atoms with Gasteiger partial charge in [0.15, 0.2) is 0 Å². The molecule has 2 aromatic rings. The van der Waals surface area contributed by atoms with E-state index >= 15 is 0 Å². The van der Waals surface area contributed by atoms with E-state index in [1.807, 2.05) is 18.2 Å². The zero-order valence-corrected chi connectivity index (χ0v) is 12.5. The van der Waals surface area contributed by atoms with Gasteiger partial charge in [0.2, 0.25) is 5.82 Å². The SMILES string of the molecule is CC1CCCCN1c1nsnc1OCc1ccccc1. The summed E-state index contributed by atoms with van der Waals surface area (Å²) in [4.78, 5) is 2.33. The topological polar surface area (TPSA) is 38.2 Å². The smallest absolute Gasteiger partial charge is 0.271 e. The second-order valence-electron chi connectivity index (χ2n) is 5.21. The monoisotopic (exact) mass is 289 g/mol. The number of piperidine rings is 1. The number of aromatic nitrogens is 2. The lowest BCUT2D eigenvalue weighted by atomic mass is 10.0. The van der Waals surface area contributed by atoms with Crippen molar-refractivity contribution in [1.82, 2.24) is 8.75 Å². The molecule has 1 aliphatic heterocycles. The van der Waals surface area contributed by atoms with Crippen LogP contribution >= 0.6 is 11.7 Å². The van der Waals surface area contributed by atoms with E-state index in [0.29, 0.717) is 18.5 Å². The Hall–Kier alpha value is -1.62. The van der Waals surface area contributed by atoms with E-state index in [0.717, 1.165) is 17.9 Å². The third-order valence-corrected chi connectivity index (χ3v) is 4.24. The van der Waals surface area contributed by atoms with Crippen LogP contribution in [0.15, 0.2) is 30.3 Å². The van der Waals surface area contributed by atoms with E-state index in [9.17, 15) is 0 Å². The average molecular weight is 289 g/mol. The van der Waals surface area contributed by atoms with Crippen LogP contribution in [0.25, 0.3) is 0 Å². The van der Waals surface area contributed by atoms with E-state index in [1.54, 1.807) is 0 Å². The van der Waals surface area contributed by atoms with Crippen molar-refractivity contribution in [3.63, 3.8) is 0 Å². The maximum Gasteiger partial charge on any atom is 0.271 e. The largest absolute Gasteiger partial charge is 0.470 e. The van der Waals surface area contributed by atoms with Crippen LogP contribution in [0.4, 0.5) is 5.82 Å². The zero-order valence-electron chi connectivity index (χ0n) is 11.7. The molecule has 0 aliphatic carbocycles. The van der Waals surface area contributed by atoms with Gasteiger partial charge in [0.25, 0.3) is 5.88 Å². The third kappa shape index (κ3) is 2.93. The predicted molar refractivity (Wildman–Crippen MR) is 81.3 cm³/mol. The number of benzene rings is 1. The zero-order chi connectivity index (χ0) is 13.8. The summed E-state index contributed by atoms with van der Waals surface area (Å²) < 4.78 is 14.6. The molecule has 106 valence electrons. The van der Waals surface area contributed by atoms with Crippen molar-refractivity contribution in [2.45, 2.75) is 38.8 Å². The van der Waals surface area contributed by atoms with Gasteiger partial charge in [-0.2, -0.15) is 4.37 Å². The van der Waals surface area contributed by atoms with Crippen molar-refractivity contribution in [3.05, 3.63) is 35.9 Å². The molecule has 0 radical (unpaired) electrons. The molecule has 0 saturated carbocycles. The molecule has 4 nitrogen and oxygen atoms in total. The first-order valence-electron chi connectivity index (χ1n) is 7.10. The van der Waals surface area contributed by atoms with Gasteiger partial charge >= 0.3 is 0 Å². The summed E-state index contributed by atoms with van der Waals surface area (Å²) in [6, 6.07) is 10.7. The molecule has 2 heterocycles. The molecule has 1 saturated heterocycles.